The number of carboxylic acids is 1. The van der Waals surface area contributed by atoms with Crippen LogP contribution in [0.4, 0.5) is 5.69 Å². The second-order valence-electron chi connectivity index (χ2n) is 4.16. The number of nitrogens with zero attached hydrogens (tertiary/aromatic N) is 3. The number of ether oxygens (including phenoxy) is 2. The van der Waals surface area contributed by atoms with Crippen molar-refractivity contribution in [2.24, 2.45) is 0 Å². The van der Waals surface area contributed by atoms with Gasteiger partial charge in [0, 0.05) is 12.6 Å². The van der Waals surface area contributed by atoms with E-state index in [1.165, 1.54) is 10.9 Å². The second-order valence-corrected chi connectivity index (χ2v) is 4.16. The minimum atomic E-state index is -1.09. The summed E-state index contributed by atoms with van der Waals surface area (Å²) in [4.78, 5) is 10.7. The van der Waals surface area contributed by atoms with Crippen LogP contribution >= 0.6 is 0 Å². The van der Waals surface area contributed by atoms with E-state index in [1.54, 1.807) is 26.4 Å². The lowest BCUT2D eigenvalue weighted by molar-refractivity contribution is 0.0690. The Morgan fingerprint density at radius 2 is 2.19 bits per heavy atom. The van der Waals surface area contributed by atoms with Crippen molar-refractivity contribution in [3.63, 3.8) is 0 Å². The van der Waals surface area contributed by atoms with Crippen LogP contribution in [-0.4, -0.2) is 46.8 Å². The molecular formula is C13H16N4O4. The molecule has 0 atom stereocenters. The number of anilines is 1. The number of methoxy groups -OCH3 is 2. The number of hydrogen-bond acceptors (Lipinski definition) is 6. The maximum Gasteiger partial charge on any atom is 0.358 e. The Morgan fingerprint density at radius 1 is 1.38 bits per heavy atom. The highest BCUT2D eigenvalue weighted by Crippen LogP contribution is 2.28. The topological polar surface area (TPSA) is 98.5 Å². The molecule has 1 aromatic carbocycles. The van der Waals surface area contributed by atoms with Gasteiger partial charge < -0.3 is 19.9 Å². The summed E-state index contributed by atoms with van der Waals surface area (Å²) in [6.45, 7) is 1.01. The molecule has 2 N–H and O–H groups in total. The molecule has 1 heterocycles. The number of benzene rings is 1. The first-order valence-electron chi connectivity index (χ1n) is 6.23. The number of nitrogens with one attached hydrogen (secondary N) is 1. The molecule has 0 bridgehead atoms. The molecule has 0 amide bonds. The molecule has 0 aliphatic carbocycles. The average Bonchev–Trinajstić information content (AvgIpc) is 2.96. The number of carbonyl (C=O) groups is 1. The van der Waals surface area contributed by atoms with E-state index in [9.17, 15) is 4.79 Å². The van der Waals surface area contributed by atoms with E-state index in [1.807, 2.05) is 6.07 Å². The predicted molar refractivity (Wildman–Crippen MR) is 75.0 cm³/mol. The molecule has 8 nitrogen and oxygen atoms in total. The Bertz CT molecular complexity index is 626. The highest BCUT2D eigenvalue weighted by Gasteiger charge is 2.08. The van der Waals surface area contributed by atoms with Gasteiger partial charge in [-0.15, -0.1) is 5.10 Å². The van der Waals surface area contributed by atoms with Gasteiger partial charge in [-0.1, -0.05) is 5.21 Å². The molecule has 1 aromatic heterocycles. The standard InChI is InChI=1S/C13H16N4O4/c1-20-9-3-4-12(21-2)10(7-9)14-5-6-17-8-11(13(18)19)15-16-17/h3-4,7-8,14H,5-6H2,1-2H3,(H,18,19). The summed E-state index contributed by atoms with van der Waals surface area (Å²) in [5.74, 6) is 0.316. The minimum absolute atomic E-state index is 0.0750. The third kappa shape index (κ3) is 3.62. The highest BCUT2D eigenvalue weighted by atomic mass is 16.5. The normalized spacial score (nSPS) is 10.2. The monoisotopic (exact) mass is 292 g/mol. The summed E-state index contributed by atoms with van der Waals surface area (Å²) < 4.78 is 11.9. The van der Waals surface area contributed by atoms with Crippen LogP contribution in [0.25, 0.3) is 0 Å². The zero-order valence-electron chi connectivity index (χ0n) is 11.7. The zero-order chi connectivity index (χ0) is 15.2. The predicted octanol–water partition coefficient (Wildman–Crippen LogP) is 1.11. The Kier molecular flexibility index (Phi) is 4.60. The van der Waals surface area contributed by atoms with Gasteiger partial charge in [0.2, 0.25) is 0 Å². The summed E-state index contributed by atoms with van der Waals surface area (Å²) in [6.07, 6.45) is 1.38. The summed E-state index contributed by atoms with van der Waals surface area (Å²) in [7, 11) is 3.18. The van der Waals surface area contributed by atoms with E-state index in [0.29, 0.717) is 24.6 Å². The molecule has 0 saturated heterocycles. The van der Waals surface area contributed by atoms with Gasteiger partial charge in [-0.2, -0.15) is 0 Å². The van der Waals surface area contributed by atoms with Crippen molar-refractivity contribution in [3.05, 3.63) is 30.1 Å². The Hall–Kier alpha value is -2.77. The molecule has 2 aromatic rings. The van der Waals surface area contributed by atoms with E-state index < -0.39 is 5.97 Å². The molecule has 0 aliphatic heterocycles. The maximum atomic E-state index is 10.7. The fourth-order valence-electron chi connectivity index (χ4n) is 1.76. The summed E-state index contributed by atoms with van der Waals surface area (Å²) in [5, 5.41) is 19.2. The third-order valence-corrected chi connectivity index (χ3v) is 2.82. The Balaban J connectivity index is 1.97. The lowest BCUT2D eigenvalue weighted by atomic mass is 10.2. The second kappa shape index (κ2) is 6.60. The van der Waals surface area contributed by atoms with Gasteiger partial charge in [-0.05, 0) is 12.1 Å². The van der Waals surface area contributed by atoms with Crippen LogP contribution in [0, 0.1) is 0 Å². The van der Waals surface area contributed by atoms with E-state index in [0.717, 1.165) is 5.69 Å². The van der Waals surface area contributed by atoms with Gasteiger partial charge >= 0.3 is 5.97 Å². The van der Waals surface area contributed by atoms with Crippen LogP contribution in [0.2, 0.25) is 0 Å². The van der Waals surface area contributed by atoms with Crippen LogP contribution in [0.5, 0.6) is 11.5 Å². The van der Waals surface area contributed by atoms with Crippen molar-refractivity contribution >= 4 is 11.7 Å². The van der Waals surface area contributed by atoms with Gasteiger partial charge in [0.15, 0.2) is 5.69 Å². The smallest absolute Gasteiger partial charge is 0.358 e. The molecule has 0 spiro atoms. The average molecular weight is 292 g/mol. The molecule has 8 heteroatoms. The first-order chi connectivity index (χ1) is 10.1. The molecule has 0 saturated carbocycles. The third-order valence-electron chi connectivity index (χ3n) is 2.82. The molecule has 0 unspecified atom stereocenters. The van der Waals surface area contributed by atoms with E-state index in [2.05, 4.69) is 15.6 Å². The molecule has 2 rings (SSSR count). The number of carboxylic acid groups (broad SMARTS) is 1. The van der Waals surface area contributed by atoms with Gasteiger partial charge in [0.05, 0.1) is 32.6 Å². The van der Waals surface area contributed by atoms with Gasteiger partial charge in [0.1, 0.15) is 11.5 Å². The molecule has 21 heavy (non-hydrogen) atoms. The van der Waals surface area contributed by atoms with Crippen LogP contribution in [0.3, 0.4) is 0 Å². The van der Waals surface area contributed by atoms with E-state index in [4.69, 9.17) is 14.6 Å². The summed E-state index contributed by atoms with van der Waals surface area (Å²) in [6, 6.07) is 5.43. The molecule has 112 valence electrons. The first kappa shape index (κ1) is 14.6. The van der Waals surface area contributed by atoms with Crippen LogP contribution in [0.1, 0.15) is 10.5 Å². The van der Waals surface area contributed by atoms with Crippen LogP contribution in [0.15, 0.2) is 24.4 Å². The number of hydrogen-bond donors (Lipinski definition) is 2. The van der Waals surface area contributed by atoms with Gasteiger partial charge in [-0.25, -0.2) is 9.48 Å². The SMILES string of the molecule is COc1ccc(OC)c(NCCn2cc(C(=O)O)nn2)c1. The Morgan fingerprint density at radius 3 is 2.81 bits per heavy atom. The highest BCUT2D eigenvalue weighted by molar-refractivity contribution is 5.84. The fourth-order valence-corrected chi connectivity index (χ4v) is 1.76. The quantitative estimate of drug-likeness (QED) is 0.788. The molecule has 0 aliphatic rings. The lowest BCUT2D eigenvalue weighted by Gasteiger charge is -2.12. The van der Waals surface area contributed by atoms with E-state index in [-0.39, 0.29) is 5.69 Å². The van der Waals surface area contributed by atoms with Gasteiger partial charge in [-0.3, -0.25) is 0 Å². The van der Waals surface area contributed by atoms with Crippen molar-refractivity contribution in [2.45, 2.75) is 6.54 Å². The van der Waals surface area contributed by atoms with Crippen molar-refractivity contribution in [1.82, 2.24) is 15.0 Å². The summed E-state index contributed by atoms with van der Waals surface area (Å²) >= 11 is 0. The zero-order valence-corrected chi connectivity index (χ0v) is 11.7. The fraction of sp³-hybridized carbons (Fsp3) is 0.308. The van der Waals surface area contributed by atoms with Gasteiger partial charge in [0.25, 0.3) is 0 Å². The molecule has 0 fully saturated rings. The Labute approximate surface area is 121 Å². The van der Waals surface area contributed by atoms with Crippen LogP contribution < -0.4 is 14.8 Å². The van der Waals surface area contributed by atoms with Crippen molar-refractivity contribution in [2.75, 3.05) is 26.1 Å². The van der Waals surface area contributed by atoms with Crippen molar-refractivity contribution in [1.29, 1.82) is 0 Å². The van der Waals surface area contributed by atoms with Crippen LogP contribution in [-0.2, 0) is 6.54 Å². The number of aromatic carboxylic acids is 1. The maximum absolute atomic E-state index is 10.7. The molecular weight excluding hydrogens is 276 g/mol. The van der Waals surface area contributed by atoms with Crippen molar-refractivity contribution < 1.29 is 19.4 Å². The summed E-state index contributed by atoms with van der Waals surface area (Å²) in [5.41, 5.74) is 0.712. The van der Waals surface area contributed by atoms with E-state index >= 15 is 0 Å². The number of rotatable bonds is 7. The minimum Gasteiger partial charge on any atom is -0.497 e. The first-order valence-corrected chi connectivity index (χ1v) is 6.23. The largest absolute Gasteiger partial charge is 0.497 e. The molecule has 0 radical (unpaired) electrons. The lowest BCUT2D eigenvalue weighted by Crippen LogP contribution is -2.11. The number of aromatic nitrogens is 3. The van der Waals surface area contributed by atoms with Crippen molar-refractivity contribution in [3.8, 4) is 11.5 Å².